The Bertz CT molecular complexity index is 683. The van der Waals surface area contributed by atoms with E-state index in [1.807, 2.05) is 6.92 Å². The molecule has 2 N–H and O–H groups in total. The second-order valence-electron chi connectivity index (χ2n) is 4.28. The maximum atomic E-state index is 12.0. The fourth-order valence-electron chi connectivity index (χ4n) is 1.71. The van der Waals surface area contributed by atoms with Gasteiger partial charge in [0, 0.05) is 17.7 Å². The van der Waals surface area contributed by atoms with Crippen LogP contribution in [0.1, 0.15) is 15.9 Å². The molecule has 2 aromatic carbocycles. The number of aromatic hydroxyl groups is 1. The summed E-state index contributed by atoms with van der Waals surface area (Å²) in [6, 6.07) is 10.2. The second-order valence-corrected chi connectivity index (χ2v) is 4.28. The lowest BCUT2D eigenvalue weighted by molar-refractivity contribution is -0.384. The van der Waals surface area contributed by atoms with Crippen molar-refractivity contribution >= 4 is 17.3 Å². The molecule has 6 heteroatoms. The number of nitro benzene ring substituents is 1. The number of carbonyl (C=O) groups is 1. The van der Waals surface area contributed by atoms with Gasteiger partial charge in [-0.15, -0.1) is 0 Å². The van der Waals surface area contributed by atoms with Gasteiger partial charge in [0.2, 0.25) is 0 Å². The number of rotatable bonds is 3. The number of phenolic OH excluding ortho intramolecular Hbond substituents is 1. The molecule has 0 aliphatic rings. The highest BCUT2D eigenvalue weighted by atomic mass is 16.6. The van der Waals surface area contributed by atoms with Crippen LogP contribution >= 0.6 is 0 Å². The monoisotopic (exact) mass is 272 g/mol. The molecule has 0 aliphatic carbocycles. The van der Waals surface area contributed by atoms with E-state index in [4.69, 9.17) is 0 Å². The summed E-state index contributed by atoms with van der Waals surface area (Å²) >= 11 is 0. The third kappa shape index (κ3) is 2.92. The summed E-state index contributed by atoms with van der Waals surface area (Å²) in [5.74, 6) is -0.580. The fourth-order valence-corrected chi connectivity index (χ4v) is 1.71. The van der Waals surface area contributed by atoms with Crippen molar-refractivity contribution in [2.45, 2.75) is 6.92 Å². The minimum absolute atomic E-state index is 0.0608. The Morgan fingerprint density at radius 2 is 2.00 bits per heavy atom. The molecule has 102 valence electrons. The average molecular weight is 272 g/mol. The predicted octanol–water partition coefficient (Wildman–Crippen LogP) is 2.86. The number of nitro groups is 1. The molecule has 0 heterocycles. The van der Waals surface area contributed by atoms with Gasteiger partial charge in [0.25, 0.3) is 11.6 Å². The maximum Gasteiger partial charge on any atom is 0.270 e. The Balaban J connectivity index is 2.26. The maximum absolute atomic E-state index is 12.0. The van der Waals surface area contributed by atoms with Crippen molar-refractivity contribution in [2.75, 3.05) is 5.32 Å². The molecule has 0 bridgehead atoms. The number of hydrogen-bond acceptors (Lipinski definition) is 4. The zero-order valence-corrected chi connectivity index (χ0v) is 10.7. The molecule has 0 saturated carbocycles. The van der Waals surface area contributed by atoms with Crippen LogP contribution < -0.4 is 5.32 Å². The molecule has 2 rings (SSSR count). The number of nitrogens with zero attached hydrogens (tertiary/aromatic N) is 1. The first-order valence-corrected chi connectivity index (χ1v) is 5.83. The van der Waals surface area contributed by atoms with Crippen LogP contribution in [0.3, 0.4) is 0 Å². The van der Waals surface area contributed by atoms with Gasteiger partial charge in [-0.1, -0.05) is 12.1 Å². The summed E-state index contributed by atoms with van der Waals surface area (Å²) in [6.45, 7) is 1.82. The molecule has 6 nitrogen and oxygen atoms in total. The molecule has 0 fully saturated rings. The molecular formula is C14H12N2O4. The molecule has 1 amide bonds. The van der Waals surface area contributed by atoms with Gasteiger partial charge < -0.3 is 10.4 Å². The number of amides is 1. The van der Waals surface area contributed by atoms with Crippen LogP contribution in [0, 0.1) is 17.0 Å². The highest BCUT2D eigenvalue weighted by Gasteiger charge is 2.13. The van der Waals surface area contributed by atoms with Gasteiger partial charge in [0.05, 0.1) is 10.6 Å². The molecule has 0 aromatic heterocycles. The van der Waals surface area contributed by atoms with Gasteiger partial charge in [-0.25, -0.2) is 0 Å². The predicted molar refractivity (Wildman–Crippen MR) is 73.9 cm³/mol. The topological polar surface area (TPSA) is 92.5 Å². The van der Waals surface area contributed by atoms with Crippen LogP contribution in [0.25, 0.3) is 0 Å². The minimum Gasteiger partial charge on any atom is -0.506 e. The third-order valence-electron chi connectivity index (χ3n) is 2.72. The highest BCUT2D eigenvalue weighted by molar-refractivity contribution is 6.05. The van der Waals surface area contributed by atoms with Gasteiger partial charge in [0.1, 0.15) is 5.75 Å². The van der Waals surface area contributed by atoms with E-state index >= 15 is 0 Å². The highest BCUT2D eigenvalue weighted by Crippen LogP contribution is 2.24. The van der Waals surface area contributed by atoms with E-state index in [1.54, 1.807) is 12.1 Å². The minimum atomic E-state index is -0.569. The summed E-state index contributed by atoms with van der Waals surface area (Å²) in [5.41, 5.74) is 1.13. The molecule has 0 atom stereocenters. The Hall–Kier alpha value is -2.89. The lowest BCUT2D eigenvalue weighted by Gasteiger charge is -2.08. The van der Waals surface area contributed by atoms with E-state index in [9.17, 15) is 20.0 Å². The summed E-state index contributed by atoms with van der Waals surface area (Å²) in [5, 5.41) is 22.8. The number of phenols is 1. The van der Waals surface area contributed by atoms with E-state index < -0.39 is 10.8 Å². The van der Waals surface area contributed by atoms with Crippen molar-refractivity contribution in [1.82, 2.24) is 0 Å². The summed E-state index contributed by atoms with van der Waals surface area (Å²) < 4.78 is 0. The van der Waals surface area contributed by atoms with Gasteiger partial charge >= 0.3 is 0 Å². The standard InChI is InChI=1S/C14H12N2O4/c1-9-5-6-13(17)12(7-9)15-14(18)10-3-2-4-11(8-10)16(19)20/h2-8,17H,1H3,(H,15,18). The van der Waals surface area contributed by atoms with Crippen LogP contribution in [-0.4, -0.2) is 15.9 Å². The largest absolute Gasteiger partial charge is 0.506 e. The van der Waals surface area contributed by atoms with Crippen LogP contribution in [0.4, 0.5) is 11.4 Å². The van der Waals surface area contributed by atoms with Crippen molar-refractivity contribution in [3.63, 3.8) is 0 Å². The number of nitrogens with one attached hydrogen (secondary N) is 1. The molecule has 2 aromatic rings. The Kier molecular flexibility index (Phi) is 3.65. The molecule has 0 aliphatic heterocycles. The zero-order chi connectivity index (χ0) is 14.7. The average Bonchev–Trinajstić information content (AvgIpc) is 2.43. The molecule has 0 radical (unpaired) electrons. The molecule has 0 saturated heterocycles. The van der Waals surface area contributed by atoms with Gasteiger partial charge in [0.15, 0.2) is 0 Å². The van der Waals surface area contributed by atoms with E-state index in [-0.39, 0.29) is 22.7 Å². The van der Waals surface area contributed by atoms with E-state index in [1.165, 1.54) is 30.3 Å². The fraction of sp³-hybridized carbons (Fsp3) is 0.0714. The quantitative estimate of drug-likeness (QED) is 0.510. The molecular weight excluding hydrogens is 260 g/mol. The second kappa shape index (κ2) is 5.40. The summed E-state index contributed by atoms with van der Waals surface area (Å²) in [7, 11) is 0. The lowest BCUT2D eigenvalue weighted by Crippen LogP contribution is -2.12. The van der Waals surface area contributed by atoms with Crippen molar-refractivity contribution in [2.24, 2.45) is 0 Å². The number of carbonyl (C=O) groups excluding carboxylic acids is 1. The van der Waals surface area contributed by atoms with Gasteiger partial charge in [-0.2, -0.15) is 0 Å². The van der Waals surface area contributed by atoms with E-state index in [2.05, 4.69) is 5.32 Å². The lowest BCUT2D eigenvalue weighted by atomic mass is 10.1. The number of non-ortho nitro benzene ring substituents is 1. The van der Waals surface area contributed by atoms with Crippen LogP contribution in [0.2, 0.25) is 0 Å². The zero-order valence-electron chi connectivity index (χ0n) is 10.7. The van der Waals surface area contributed by atoms with Crippen molar-refractivity contribution in [3.8, 4) is 5.75 Å². The first-order valence-electron chi connectivity index (χ1n) is 5.83. The Labute approximate surface area is 114 Å². The number of hydrogen-bond donors (Lipinski definition) is 2. The summed E-state index contributed by atoms with van der Waals surface area (Å²) in [6.07, 6.45) is 0. The van der Waals surface area contributed by atoms with Crippen molar-refractivity contribution < 1.29 is 14.8 Å². The number of anilines is 1. The molecule has 0 unspecified atom stereocenters. The van der Waals surface area contributed by atoms with Crippen LogP contribution in [-0.2, 0) is 0 Å². The van der Waals surface area contributed by atoms with E-state index in [0.717, 1.165) is 5.56 Å². The van der Waals surface area contributed by atoms with Gasteiger partial charge in [-0.05, 0) is 30.7 Å². The van der Waals surface area contributed by atoms with Crippen molar-refractivity contribution in [3.05, 3.63) is 63.7 Å². The van der Waals surface area contributed by atoms with E-state index in [0.29, 0.717) is 0 Å². The molecule has 0 spiro atoms. The Morgan fingerprint density at radius 3 is 2.70 bits per heavy atom. The Morgan fingerprint density at radius 1 is 1.25 bits per heavy atom. The normalized spacial score (nSPS) is 10.1. The number of benzene rings is 2. The van der Waals surface area contributed by atoms with Crippen molar-refractivity contribution in [1.29, 1.82) is 0 Å². The third-order valence-corrected chi connectivity index (χ3v) is 2.72. The smallest absolute Gasteiger partial charge is 0.270 e. The summed E-state index contributed by atoms with van der Waals surface area (Å²) in [4.78, 5) is 22.1. The SMILES string of the molecule is Cc1ccc(O)c(NC(=O)c2cccc([N+](=O)[O-])c2)c1. The first kappa shape index (κ1) is 13.5. The first-order chi connectivity index (χ1) is 9.47. The van der Waals surface area contributed by atoms with Gasteiger partial charge in [-0.3, -0.25) is 14.9 Å². The number of aryl methyl sites for hydroxylation is 1. The van der Waals surface area contributed by atoms with Crippen LogP contribution in [0.15, 0.2) is 42.5 Å². The van der Waals surface area contributed by atoms with Crippen LogP contribution in [0.5, 0.6) is 5.75 Å². The molecule has 20 heavy (non-hydrogen) atoms.